The van der Waals surface area contributed by atoms with Crippen LogP contribution in [0.5, 0.6) is 0 Å². The minimum atomic E-state index is -1.16. The van der Waals surface area contributed by atoms with E-state index >= 15 is 4.39 Å². The van der Waals surface area contributed by atoms with Crippen LogP contribution in [-0.4, -0.2) is 17.1 Å². The van der Waals surface area contributed by atoms with E-state index in [1.165, 1.54) is 39.7 Å². The molecule has 3 nitrogen and oxygen atoms in total. The van der Waals surface area contributed by atoms with Crippen LogP contribution in [-0.2, 0) is 4.79 Å². The van der Waals surface area contributed by atoms with Gasteiger partial charge in [-0.3, -0.25) is 0 Å². The maximum absolute atomic E-state index is 15.1. The predicted molar refractivity (Wildman–Crippen MR) is 108 cm³/mol. The van der Waals surface area contributed by atoms with Gasteiger partial charge in [0.15, 0.2) is 0 Å². The van der Waals surface area contributed by atoms with E-state index in [-0.39, 0.29) is 27.8 Å². The van der Waals surface area contributed by atoms with Crippen LogP contribution < -0.4 is 5.32 Å². The second-order valence-electron chi connectivity index (χ2n) is 7.50. The van der Waals surface area contributed by atoms with Crippen molar-refractivity contribution < 1.29 is 18.7 Å². The SMILES string of the molecule is CC(=Cc1c(C)c(F)c(-c2ccc(NC3CCCC3)cc2)c(C)c1F)C(=O)O. The molecule has 0 bridgehead atoms. The fraction of sp³-hybridized carbons (Fsp3) is 0.348. The summed E-state index contributed by atoms with van der Waals surface area (Å²) in [7, 11) is 0. The van der Waals surface area contributed by atoms with Gasteiger partial charge in [-0.1, -0.05) is 25.0 Å². The van der Waals surface area contributed by atoms with E-state index in [2.05, 4.69) is 5.32 Å². The van der Waals surface area contributed by atoms with Gasteiger partial charge >= 0.3 is 5.97 Å². The standard InChI is InChI=1S/C23H25F2NO2/c1-13(23(27)28)12-19-14(2)22(25)20(15(3)21(19)24)16-8-10-18(11-9-16)26-17-6-4-5-7-17/h8-12,17,26H,4-7H2,1-3H3,(H,27,28). The summed E-state index contributed by atoms with van der Waals surface area (Å²) >= 11 is 0. The van der Waals surface area contributed by atoms with Crippen molar-refractivity contribution in [1.82, 2.24) is 0 Å². The second-order valence-corrected chi connectivity index (χ2v) is 7.50. The Bertz CT molecular complexity index is 898. The first-order chi connectivity index (χ1) is 13.3. The Morgan fingerprint density at radius 2 is 1.68 bits per heavy atom. The molecule has 0 unspecified atom stereocenters. The average Bonchev–Trinajstić information content (AvgIpc) is 3.18. The van der Waals surface area contributed by atoms with Gasteiger partial charge in [0, 0.05) is 28.4 Å². The van der Waals surface area contributed by atoms with Gasteiger partial charge in [0.2, 0.25) is 0 Å². The normalized spacial score (nSPS) is 15.1. The molecule has 148 valence electrons. The molecular formula is C23H25F2NO2. The number of hydrogen-bond donors (Lipinski definition) is 2. The van der Waals surface area contributed by atoms with E-state index < -0.39 is 17.6 Å². The Morgan fingerprint density at radius 3 is 2.25 bits per heavy atom. The molecule has 1 fully saturated rings. The van der Waals surface area contributed by atoms with Gasteiger partial charge in [-0.05, 0) is 68.5 Å². The van der Waals surface area contributed by atoms with Gasteiger partial charge in [-0.15, -0.1) is 0 Å². The zero-order valence-electron chi connectivity index (χ0n) is 16.4. The first-order valence-corrected chi connectivity index (χ1v) is 9.56. The first kappa shape index (κ1) is 20.1. The lowest BCUT2D eigenvalue weighted by molar-refractivity contribution is -0.132. The average molecular weight is 385 g/mol. The predicted octanol–water partition coefficient (Wildman–Crippen LogP) is 6.09. The molecule has 0 amide bonds. The Labute approximate surface area is 164 Å². The van der Waals surface area contributed by atoms with E-state index in [9.17, 15) is 9.18 Å². The van der Waals surface area contributed by atoms with E-state index in [1.54, 1.807) is 12.1 Å². The fourth-order valence-electron chi connectivity index (χ4n) is 3.78. The van der Waals surface area contributed by atoms with Gasteiger partial charge in [-0.2, -0.15) is 0 Å². The van der Waals surface area contributed by atoms with Crippen LogP contribution in [0.4, 0.5) is 14.5 Å². The van der Waals surface area contributed by atoms with Crippen molar-refractivity contribution in [3.05, 3.63) is 58.2 Å². The lowest BCUT2D eigenvalue weighted by atomic mass is 9.92. The number of carbonyl (C=O) groups is 1. The van der Waals surface area contributed by atoms with Gasteiger partial charge in [0.1, 0.15) is 11.6 Å². The monoisotopic (exact) mass is 385 g/mol. The summed E-state index contributed by atoms with van der Waals surface area (Å²) in [6.45, 7) is 4.35. The molecule has 1 saturated carbocycles. The van der Waals surface area contributed by atoms with Crippen LogP contribution in [0, 0.1) is 25.5 Å². The van der Waals surface area contributed by atoms with Gasteiger partial charge in [0.05, 0.1) is 0 Å². The lowest BCUT2D eigenvalue weighted by Crippen LogP contribution is -2.14. The Hall–Kier alpha value is -2.69. The van der Waals surface area contributed by atoms with E-state index in [4.69, 9.17) is 5.11 Å². The smallest absolute Gasteiger partial charge is 0.331 e. The van der Waals surface area contributed by atoms with Crippen molar-refractivity contribution in [2.45, 2.75) is 52.5 Å². The molecule has 0 aromatic heterocycles. The minimum absolute atomic E-state index is 0.0156. The molecule has 0 atom stereocenters. The minimum Gasteiger partial charge on any atom is -0.478 e. The van der Waals surface area contributed by atoms with Crippen LogP contribution in [0.15, 0.2) is 29.8 Å². The van der Waals surface area contributed by atoms with Gasteiger partial charge < -0.3 is 10.4 Å². The molecule has 0 radical (unpaired) electrons. The zero-order chi connectivity index (χ0) is 20.4. The summed E-state index contributed by atoms with van der Waals surface area (Å²) in [4.78, 5) is 11.0. The number of carboxylic acids is 1. The highest BCUT2D eigenvalue weighted by Crippen LogP contribution is 2.35. The molecule has 2 aromatic carbocycles. The third-order valence-corrected chi connectivity index (χ3v) is 5.49. The summed E-state index contributed by atoms with van der Waals surface area (Å²) in [5, 5.41) is 12.5. The highest BCUT2D eigenvalue weighted by Gasteiger charge is 2.21. The molecule has 0 aliphatic heterocycles. The molecule has 0 spiro atoms. The number of rotatable bonds is 5. The van der Waals surface area contributed by atoms with Crippen LogP contribution in [0.3, 0.4) is 0 Å². The van der Waals surface area contributed by atoms with Crippen LogP contribution in [0.1, 0.15) is 49.3 Å². The Balaban J connectivity index is 1.98. The Morgan fingerprint density at radius 1 is 1.07 bits per heavy atom. The third-order valence-electron chi connectivity index (χ3n) is 5.49. The molecular weight excluding hydrogens is 360 g/mol. The van der Waals surface area contributed by atoms with E-state index in [0.29, 0.717) is 11.6 Å². The molecule has 0 heterocycles. The highest BCUT2D eigenvalue weighted by molar-refractivity contribution is 5.92. The number of nitrogens with one attached hydrogen (secondary N) is 1. The lowest BCUT2D eigenvalue weighted by Gasteiger charge is -2.17. The summed E-state index contributed by atoms with van der Waals surface area (Å²) < 4.78 is 30.1. The summed E-state index contributed by atoms with van der Waals surface area (Å²) in [5.41, 5.74) is 2.00. The quantitative estimate of drug-likeness (QED) is 0.612. The maximum atomic E-state index is 15.1. The van der Waals surface area contributed by atoms with Gasteiger partial charge in [-0.25, -0.2) is 13.6 Å². The third kappa shape index (κ3) is 3.93. The van der Waals surface area contributed by atoms with E-state index in [1.807, 2.05) is 12.1 Å². The van der Waals surface area contributed by atoms with Crippen molar-refractivity contribution >= 4 is 17.7 Å². The summed E-state index contributed by atoms with van der Waals surface area (Å²) in [6.07, 6.45) is 5.97. The number of aliphatic carboxylic acids is 1. The van der Waals surface area contributed by atoms with Crippen molar-refractivity contribution in [2.24, 2.45) is 0 Å². The maximum Gasteiger partial charge on any atom is 0.331 e. The molecule has 5 heteroatoms. The number of halogens is 2. The van der Waals surface area contributed by atoms with Crippen molar-refractivity contribution in [3.63, 3.8) is 0 Å². The fourth-order valence-corrected chi connectivity index (χ4v) is 3.78. The van der Waals surface area contributed by atoms with Crippen LogP contribution in [0.25, 0.3) is 17.2 Å². The summed E-state index contributed by atoms with van der Waals surface area (Å²) in [6, 6.07) is 7.84. The number of hydrogen-bond acceptors (Lipinski definition) is 2. The number of carboxylic acid groups (broad SMARTS) is 1. The van der Waals surface area contributed by atoms with Crippen LogP contribution >= 0.6 is 0 Å². The molecule has 1 aliphatic carbocycles. The molecule has 3 rings (SSSR count). The first-order valence-electron chi connectivity index (χ1n) is 9.56. The highest BCUT2D eigenvalue weighted by atomic mass is 19.1. The second kappa shape index (κ2) is 8.13. The van der Waals surface area contributed by atoms with E-state index in [0.717, 1.165) is 18.5 Å². The summed E-state index contributed by atoms with van der Waals surface area (Å²) in [5.74, 6) is -2.28. The van der Waals surface area contributed by atoms with Crippen molar-refractivity contribution in [3.8, 4) is 11.1 Å². The molecule has 1 aliphatic rings. The van der Waals surface area contributed by atoms with Crippen LogP contribution in [0.2, 0.25) is 0 Å². The topological polar surface area (TPSA) is 49.3 Å². The van der Waals surface area contributed by atoms with Crippen molar-refractivity contribution in [2.75, 3.05) is 5.32 Å². The largest absolute Gasteiger partial charge is 0.478 e. The number of anilines is 1. The molecule has 0 saturated heterocycles. The van der Waals surface area contributed by atoms with Crippen molar-refractivity contribution in [1.29, 1.82) is 0 Å². The number of benzene rings is 2. The zero-order valence-corrected chi connectivity index (χ0v) is 16.4. The Kier molecular flexibility index (Phi) is 5.82. The molecule has 2 N–H and O–H groups in total. The molecule has 28 heavy (non-hydrogen) atoms. The molecule has 2 aromatic rings. The van der Waals surface area contributed by atoms with Gasteiger partial charge in [0.25, 0.3) is 0 Å².